The Bertz CT molecular complexity index is 913. The number of hydrogen-bond donors (Lipinski definition) is 2. The number of nitrogens with zero attached hydrogens (tertiary/aromatic N) is 1. The second-order valence-electron chi connectivity index (χ2n) is 6.20. The van der Waals surface area contributed by atoms with Gasteiger partial charge in [0.2, 0.25) is 0 Å². The lowest BCUT2D eigenvalue weighted by atomic mass is 10.1. The Kier molecular flexibility index (Phi) is 4.86. The Labute approximate surface area is 151 Å². The molecule has 0 atom stereocenters. The standard InChI is InChI=1S/C20H21N3OS/c1-12-5-8-16(9-6-12)22-20-21-15(4)18(25-20)19(24)23-17-10-7-13(2)11-14(17)3/h5-11H,1-4H3,(H,21,22)(H,23,24). The first-order valence-electron chi connectivity index (χ1n) is 8.12. The van der Waals surface area contributed by atoms with E-state index in [0.29, 0.717) is 10.0 Å². The Morgan fingerprint density at radius 3 is 2.32 bits per heavy atom. The number of thiazole rings is 1. The van der Waals surface area contributed by atoms with E-state index in [4.69, 9.17) is 0 Å². The quantitative estimate of drug-likeness (QED) is 0.664. The summed E-state index contributed by atoms with van der Waals surface area (Å²) in [5.74, 6) is -0.126. The predicted octanol–water partition coefficient (Wildman–Crippen LogP) is 5.37. The lowest BCUT2D eigenvalue weighted by molar-refractivity contribution is 0.102. The highest BCUT2D eigenvalue weighted by Gasteiger charge is 2.16. The highest BCUT2D eigenvalue weighted by atomic mass is 32.1. The van der Waals surface area contributed by atoms with Crippen molar-refractivity contribution in [3.63, 3.8) is 0 Å². The van der Waals surface area contributed by atoms with Gasteiger partial charge in [-0.2, -0.15) is 0 Å². The number of nitrogens with one attached hydrogen (secondary N) is 2. The Hall–Kier alpha value is -2.66. The first-order valence-corrected chi connectivity index (χ1v) is 8.94. The largest absolute Gasteiger partial charge is 0.332 e. The molecule has 1 amide bonds. The third kappa shape index (κ3) is 4.06. The van der Waals surface area contributed by atoms with Gasteiger partial charge in [0.1, 0.15) is 4.88 Å². The maximum absolute atomic E-state index is 12.6. The number of amides is 1. The summed E-state index contributed by atoms with van der Waals surface area (Å²) < 4.78 is 0. The van der Waals surface area contributed by atoms with Crippen LogP contribution in [0.25, 0.3) is 0 Å². The monoisotopic (exact) mass is 351 g/mol. The first-order chi connectivity index (χ1) is 11.9. The minimum Gasteiger partial charge on any atom is -0.332 e. The molecule has 0 saturated heterocycles. The Morgan fingerprint density at radius 2 is 1.64 bits per heavy atom. The van der Waals surface area contributed by atoms with Crippen LogP contribution < -0.4 is 10.6 Å². The van der Waals surface area contributed by atoms with Gasteiger partial charge in [-0.1, -0.05) is 46.7 Å². The van der Waals surface area contributed by atoms with E-state index in [-0.39, 0.29) is 5.91 Å². The van der Waals surface area contributed by atoms with Crippen LogP contribution in [-0.4, -0.2) is 10.9 Å². The molecular formula is C20H21N3OS. The molecule has 3 aromatic rings. The normalized spacial score (nSPS) is 10.6. The van der Waals surface area contributed by atoms with E-state index in [1.54, 1.807) is 0 Å². The van der Waals surface area contributed by atoms with Crippen molar-refractivity contribution in [2.24, 2.45) is 0 Å². The van der Waals surface area contributed by atoms with E-state index in [9.17, 15) is 4.79 Å². The van der Waals surface area contributed by atoms with Crippen molar-refractivity contribution in [3.8, 4) is 0 Å². The third-order valence-corrected chi connectivity index (χ3v) is 5.01. The van der Waals surface area contributed by atoms with E-state index in [1.807, 2.05) is 64.1 Å². The molecule has 5 heteroatoms. The zero-order chi connectivity index (χ0) is 18.0. The molecule has 0 unspecified atom stereocenters. The average molecular weight is 351 g/mol. The van der Waals surface area contributed by atoms with Crippen LogP contribution in [0.3, 0.4) is 0 Å². The zero-order valence-electron chi connectivity index (χ0n) is 14.8. The highest BCUT2D eigenvalue weighted by Crippen LogP contribution is 2.27. The Morgan fingerprint density at radius 1 is 0.960 bits per heavy atom. The maximum atomic E-state index is 12.6. The minimum absolute atomic E-state index is 0.126. The fraction of sp³-hybridized carbons (Fsp3) is 0.200. The number of rotatable bonds is 4. The van der Waals surface area contributed by atoms with Crippen molar-refractivity contribution >= 4 is 33.8 Å². The molecule has 0 saturated carbocycles. The van der Waals surface area contributed by atoms with E-state index in [0.717, 1.165) is 22.6 Å². The molecule has 128 valence electrons. The summed E-state index contributed by atoms with van der Waals surface area (Å²) in [6, 6.07) is 14.1. The van der Waals surface area contributed by atoms with E-state index >= 15 is 0 Å². The summed E-state index contributed by atoms with van der Waals surface area (Å²) in [6.45, 7) is 7.93. The molecule has 0 spiro atoms. The molecule has 2 N–H and O–H groups in total. The molecule has 0 aliphatic rings. The Balaban J connectivity index is 1.77. The molecule has 4 nitrogen and oxygen atoms in total. The van der Waals surface area contributed by atoms with Crippen LogP contribution >= 0.6 is 11.3 Å². The van der Waals surface area contributed by atoms with Gasteiger partial charge in [0.05, 0.1) is 5.69 Å². The molecule has 0 radical (unpaired) electrons. The number of aromatic nitrogens is 1. The number of hydrogen-bond acceptors (Lipinski definition) is 4. The number of anilines is 3. The summed E-state index contributed by atoms with van der Waals surface area (Å²) in [4.78, 5) is 17.7. The summed E-state index contributed by atoms with van der Waals surface area (Å²) >= 11 is 1.36. The first kappa shape index (κ1) is 17.2. The second-order valence-corrected chi connectivity index (χ2v) is 7.20. The summed E-state index contributed by atoms with van der Waals surface area (Å²) in [5.41, 5.74) is 5.94. The fourth-order valence-corrected chi connectivity index (χ4v) is 3.44. The van der Waals surface area contributed by atoms with Gasteiger partial charge >= 0.3 is 0 Å². The topological polar surface area (TPSA) is 54.0 Å². The lowest BCUT2D eigenvalue weighted by Gasteiger charge is -2.08. The van der Waals surface area contributed by atoms with Gasteiger partial charge in [-0.3, -0.25) is 4.79 Å². The molecule has 2 aromatic carbocycles. The number of benzene rings is 2. The van der Waals surface area contributed by atoms with Gasteiger partial charge in [-0.25, -0.2) is 4.98 Å². The van der Waals surface area contributed by atoms with Gasteiger partial charge < -0.3 is 10.6 Å². The van der Waals surface area contributed by atoms with Crippen LogP contribution in [-0.2, 0) is 0 Å². The molecule has 0 bridgehead atoms. The van der Waals surface area contributed by atoms with Gasteiger partial charge in [0.25, 0.3) is 5.91 Å². The van der Waals surface area contributed by atoms with Crippen LogP contribution in [0.2, 0.25) is 0 Å². The van der Waals surface area contributed by atoms with Crippen molar-refractivity contribution < 1.29 is 4.79 Å². The van der Waals surface area contributed by atoms with Crippen LogP contribution in [0.15, 0.2) is 42.5 Å². The van der Waals surface area contributed by atoms with Gasteiger partial charge in [0, 0.05) is 11.4 Å². The van der Waals surface area contributed by atoms with Crippen LogP contribution in [0.4, 0.5) is 16.5 Å². The average Bonchev–Trinajstić information content (AvgIpc) is 2.93. The fourth-order valence-electron chi connectivity index (χ4n) is 2.55. The molecule has 0 aliphatic carbocycles. The maximum Gasteiger partial charge on any atom is 0.267 e. The molecule has 0 aliphatic heterocycles. The van der Waals surface area contributed by atoms with Crippen LogP contribution in [0.5, 0.6) is 0 Å². The SMILES string of the molecule is Cc1ccc(Nc2nc(C)c(C(=O)Nc3ccc(C)cc3C)s2)cc1. The molecule has 0 fully saturated rings. The summed E-state index contributed by atoms with van der Waals surface area (Å²) in [7, 11) is 0. The highest BCUT2D eigenvalue weighted by molar-refractivity contribution is 7.17. The smallest absolute Gasteiger partial charge is 0.267 e. The van der Waals surface area contributed by atoms with Crippen molar-refractivity contribution in [1.82, 2.24) is 4.98 Å². The van der Waals surface area contributed by atoms with Crippen LogP contribution in [0.1, 0.15) is 32.1 Å². The van der Waals surface area contributed by atoms with Gasteiger partial charge in [0.15, 0.2) is 5.13 Å². The molecular weight excluding hydrogens is 330 g/mol. The van der Waals surface area contributed by atoms with Crippen molar-refractivity contribution in [2.45, 2.75) is 27.7 Å². The van der Waals surface area contributed by atoms with E-state index in [2.05, 4.69) is 21.7 Å². The molecule has 1 heterocycles. The van der Waals surface area contributed by atoms with Gasteiger partial charge in [-0.05, 0) is 51.5 Å². The second kappa shape index (κ2) is 7.07. The van der Waals surface area contributed by atoms with Crippen molar-refractivity contribution in [2.75, 3.05) is 10.6 Å². The molecule has 3 rings (SSSR count). The third-order valence-electron chi connectivity index (χ3n) is 3.94. The number of carbonyl (C=O) groups is 1. The van der Waals surface area contributed by atoms with Crippen molar-refractivity contribution in [1.29, 1.82) is 0 Å². The van der Waals surface area contributed by atoms with Gasteiger partial charge in [-0.15, -0.1) is 0 Å². The van der Waals surface area contributed by atoms with E-state index in [1.165, 1.54) is 22.5 Å². The molecule has 25 heavy (non-hydrogen) atoms. The lowest BCUT2D eigenvalue weighted by Crippen LogP contribution is -2.12. The number of aryl methyl sites for hydroxylation is 4. The van der Waals surface area contributed by atoms with Crippen LogP contribution in [0, 0.1) is 27.7 Å². The van der Waals surface area contributed by atoms with E-state index < -0.39 is 0 Å². The summed E-state index contributed by atoms with van der Waals surface area (Å²) in [5, 5.41) is 6.96. The summed E-state index contributed by atoms with van der Waals surface area (Å²) in [6.07, 6.45) is 0. The molecule has 1 aromatic heterocycles. The van der Waals surface area contributed by atoms with Crippen molar-refractivity contribution in [3.05, 3.63) is 69.7 Å². The number of carbonyl (C=O) groups excluding carboxylic acids is 1. The minimum atomic E-state index is -0.126. The zero-order valence-corrected chi connectivity index (χ0v) is 15.6. The predicted molar refractivity (Wildman–Crippen MR) is 105 cm³/mol.